The minimum absolute atomic E-state index is 0.689. The van der Waals surface area contributed by atoms with E-state index in [4.69, 9.17) is 0 Å². The average molecular weight is 210 g/mol. The summed E-state index contributed by atoms with van der Waals surface area (Å²) in [5.41, 5.74) is 0.689. The fraction of sp³-hybridized carbons (Fsp3) is 1.00. The van der Waals surface area contributed by atoms with Gasteiger partial charge in [-0.1, -0.05) is 47.0 Å². The Hall–Kier alpha value is 0. The van der Waals surface area contributed by atoms with Gasteiger partial charge in [0.2, 0.25) is 0 Å². The maximum Gasteiger partial charge on any atom is -0.0326 e. The highest BCUT2D eigenvalue weighted by molar-refractivity contribution is 4.82. The molecular formula is C15H30. The van der Waals surface area contributed by atoms with Crippen molar-refractivity contribution in [3.8, 4) is 0 Å². The highest BCUT2D eigenvalue weighted by Gasteiger charge is 2.30. The second kappa shape index (κ2) is 5.92. The molecule has 0 saturated heterocycles. The van der Waals surface area contributed by atoms with Crippen LogP contribution < -0.4 is 0 Å². The molecule has 0 radical (unpaired) electrons. The SMILES string of the molecule is CCCC1CCC(C)(CCC(C)C)CC1. The van der Waals surface area contributed by atoms with Crippen molar-refractivity contribution < 1.29 is 0 Å². The Labute approximate surface area is 96.8 Å². The summed E-state index contributed by atoms with van der Waals surface area (Å²) in [7, 11) is 0. The van der Waals surface area contributed by atoms with E-state index in [1.165, 1.54) is 51.4 Å². The van der Waals surface area contributed by atoms with E-state index in [1.807, 2.05) is 0 Å². The molecule has 1 aliphatic carbocycles. The molecule has 0 aromatic heterocycles. The number of rotatable bonds is 5. The Balaban J connectivity index is 2.27. The van der Waals surface area contributed by atoms with E-state index < -0.39 is 0 Å². The van der Waals surface area contributed by atoms with Gasteiger partial charge in [0.05, 0.1) is 0 Å². The normalized spacial score (nSPS) is 32.2. The van der Waals surface area contributed by atoms with Crippen molar-refractivity contribution >= 4 is 0 Å². The van der Waals surface area contributed by atoms with E-state index in [0.29, 0.717) is 5.41 Å². The first-order chi connectivity index (χ1) is 7.06. The lowest BCUT2D eigenvalue weighted by atomic mass is 9.68. The van der Waals surface area contributed by atoms with Crippen LogP contribution in [0.2, 0.25) is 0 Å². The summed E-state index contributed by atoms with van der Waals surface area (Å²) in [5, 5.41) is 0. The highest BCUT2D eigenvalue weighted by atomic mass is 14.4. The van der Waals surface area contributed by atoms with Gasteiger partial charge in [0.15, 0.2) is 0 Å². The van der Waals surface area contributed by atoms with E-state index in [9.17, 15) is 0 Å². The number of hydrogen-bond donors (Lipinski definition) is 0. The third kappa shape index (κ3) is 4.57. The Morgan fingerprint density at radius 2 is 1.80 bits per heavy atom. The monoisotopic (exact) mass is 210 g/mol. The molecule has 1 aliphatic rings. The van der Waals surface area contributed by atoms with Crippen LogP contribution in [0.15, 0.2) is 0 Å². The zero-order valence-corrected chi connectivity index (χ0v) is 11.3. The van der Waals surface area contributed by atoms with Crippen LogP contribution in [0.1, 0.15) is 79.1 Å². The van der Waals surface area contributed by atoms with Gasteiger partial charge in [-0.2, -0.15) is 0 Å². The molecule has 0 heterocycles. The molecule has 0 amide bonds. The summed E-state index contributed by atoms with van der Waals surface area (Å²) in [5.74, 6) is 1.94. The second-order valence-electron chi connectivity index (χ2n) is 6.48. The van der Waals surface area contributed by atoms with Gasteiger partial charge in [-0.25, -0.2) is 0 Å². The molecule has 0 nitrogen and oxygen atoms in total. The Morgan fingerprint density at radius 1 is 1.20 bits per heavy atom. The van der Waals surface area contributed by atoms with Gasteiger partial charge in [-0.15, -0.1) is 0 Å². The van der Waals surface area contributed by atoms with Crippen molar-refractivity contribution in [2.45, 2.75) is 79.1 Å². The predicted octanol–water partition coefficient (Wildman–Crippen LogP) is 5.42. The minimum atomic E-state index is 0.689. The summed E-state index contributed by atoms with van der Waals surface area (Å²) >= 11 is 0. The van der Waals surface area contributed by atoms with Crippen molar-refractivity contribution in [2.24, 2.45) is 17.3 Å². The van der Waals surface area contributed by atoms with Gasteiger partial charge in [0, 0.05) is 0 Å². The molecule has 0 heteroatoms. The molecule has 0 aliphatic heterocycles. The van der Waals surface area contributed by atoms with Crippen LogP contribution in [0.4, 0.5) is 0 Å². The van der Waals surface area contributed by atoms with Crippen LogP contribution in [-0.4, -0.2) is 0 Å². The third-order valence-corrected chi connectivity index (χ3v) is 4.33. The van der Waals surface area contributed by atoms with Crippen molar-refractivity contribution in [2.75, 3.05) is 0 Å². The Kier molecular flexibility index (Phi) is 5.15. The van der Waals surface area contributed by atoms with Gasteiger partial charge in [0.1, 0.15) is 0 Å². The zero-order chi connectivity index (χ0) is 11.3. The van der Waals surface area contributed by atoms with Gasteiger partial charge < -0.3 is 0 Å². The molecule has 0 bridgehead atoms. The molecule has 0 aromatic rings. The average Bonchev–Trinajstić information content (AvgIpc) is 2.20. The molecule has 15 heavy (non-hydrogen) atoms. The predicted molar refractivity (Wildman–Crippen MR) is 69.0 cm³/mol. The smallest absolute Gasteiger partial charge is 0.0326 e. The van der Waals surface area contributed by atoms with Crippen molar-refractivity contribution in [3.63, 3.8) is 0 Å². The van der Waals surface area contributed by atoms with E-state index >= 15 is 0 Å². The van der Waals surface area contributed by atoms with Crippen LogP contribution in [0.5, 0.6) is 0 Å². The van der Waals surface area contributed by atoms with E-state index in [-0.39, 0.29) is 0 Å². The lowest BCUT2D eigenvalue weighted by Gasteiger charge is -2.38. The van der Waals surface area contributed by atoms with Crippen molar-refractivity contribution in [1.29, 1.82) is 0 Å². The molecule has 0 aromatic carbocycles. The van der Waals surface area contributed by atoms with Crippen LogP contribution >= 0.6 is 0 Å². The van der Waals surface area contributed by atoms with Crippen LogP contribution in [-0.2, 0) is 0 Å². The molecule has 90 valence electrons. The maximum absolute atomic E-state index is 2.53. The van der Waals surface area contributed by atoms with Crippen molar-refractivity contribution in [1.82, 2.24) is 0 Å². The van der Waals surface area contributed by atoms with E-state index in [1.54, 1.807) is 0 Å². The van der Waals surface area contributed by atoms with Gasteiger partial charge in [0.25, 0.3) is 0 Å². The summed E-state index contributed by atoms with van der Waals surface area (Å²) in [6.07, 6.45) is 11.7. The first-order valence-electron chi connectivity index (χ1n) is 7.06. The lowest BCUT2D eigenvalue weighted by molar-refractivity contribution is 0.144. The van der Waals surface area contributed by atoms with Crippen molar-refractivity contribution in [3.05, 3.63) is 0 Å². The number of hydrogen-bond acceptors (Lipinski definition) is 0. The third-order valence-electron chi connectivity index (χ3n) is 4.33. The molecule has 0 spiro atoms. The van der Waals surface area contributed by atoms with Gasteiger partial charge >= 0.3 is 0 Å². The topological polar surface area (TPSA) is 0 Å². The quantitative estimate of drug-likeness (QED) is 0.568. The Bertz CT molecular complexity index is 161. The minimum Gasteiger partial charge on any atom is -0.0654 e. The van der Waals surface area contributed by atoms with Gasteiger partial charge in [-0.05, 0) is 49.4 Å². The van der Waals surface area contributed by atoms with E-state index in [0.717, 1.165) is 11.8 Å². The highest BCUT2D eigenvalue weighted by Crippen LogP contribution is 2.43. The largest absolute Gasteiger partial charge is 0.0654 e. The first kappa shape index (κ1) is 13.1. The molecular weight excluding hydrogens is 180 g/mol. The summed E-state index contributed by atoms with van der Waals surface area (Å²) in [4.78, 5) is 0. The molecule has 1 rings (SSSR count). The van der Waals surface area contributed by atoms with Gasteiger partial charge in [-0.3, -0.25) is 0 Å². The fourth-order valence-electron chi connectivity index (χ4n) is 2.96. The molecule has 0 atom stereocenters. The first-order valence-corrected chi connectivity index (χ1v) is 7.06. The van der Waals surface area contributed by atoms with Crippen LogP contribution in [0.3, 0.4) is 0 Å². The molecule has 1 saturated carbocycles. The molecule has 1 fully saturated rings. The summed E-state index contributed by atoms with van der Waals surface area (Å²) < 4.78 is 0. The Morgan fingerprint density at radius 3 is 2.27 bits per heavy atom. The maximum atomic E-state index is 2.53. The standard InChI is InChI=1S/C15H30/c1-5-6-14-8-11-15(4,12-9-14)10-7-13(2)3/h13-14H,5-12H2,1-4H3. The summed E-state index contributed by atoms with van der Waals surface area (Å²) in [6, 6.07) is 0. The molecule has 0 unspecified atom stereocenters. The lowest BCUT2D eigenvalue weighted by Crippen LogP contribution is -2.24. The molecule has 0 N–H and O–H groups in total. The van der Waals surface area contributed by atoms with Crippen LogP contribution in [0, 0.1) is 17.3 Å². The fourth-order valence-corrected chi connectivity index (χ4v) is 2.96. The summed E-state index contributed by atoms with van der Waals surface area (Å²) in [6.45, 7) is 9.56. The van der Waals surface area contributed by atoms with E-state index in [2.05, 4.69) is 27.7 Å². The second-order valence-corrected chi connectivity index (χ2v) is 6.48. The van der Waals surface area contributed by atoms with Crippen LogP contribution in [0.25, 0.3) is 0 Å². The zero-order valence-electron chi connectivity index (χ0n) is 11.3.